The number of aromatic nitrogens is 3. The molecule has 0 atom stereocenters. The molecule has 0 aliphatic carbocycles. The van der Waals surface area contributed by atoms with E-state index in [-0.39, 0.29) is 10.6 Å². The van der Waals surface area contributed by atoms with Gasteiger partial charge in [0.1, 0.15) is 11.4 Å². The van der Waals surface area contributed by atoms with E-state index in [1.54, 1.807) is 10.9 Å². The second-order valence-corrected chi connectivity index (χ2v) is 5.64. The van der Waals surface area contributed by atoms with Gasteiger partial charge in [-0.15, -0.1) is 11.3 Å². The van der Waals surface area contributed by atoms with Gasteiger partial charge in [-0.2, -0.15) is 5.10 Å². The molecule has 0 fully saturated rings. The van der Waals surface area contributed by atoms with Crippen LogP contribution in [0.15, 0.2) is 6.20 Å². The first-order valence-electron chi connectivity index (χ1n) is 5.89. The molecule has 2 rings (SSSR count). The van der Waals surface area contributed by atoms with Crippen LogP contribution in [-0.2, 0) is 19.4 Å². The van der Waals surface area contributed by atoms with Crippen LogP contribution in [0.5, 0.6) is 0 Å². The Morgan fingerprint density at radius 1 is 1.47 bits per heavy atom. The highest BCUT2D eigenvalue weighted by molar-refractivity contribution is 7.15. The van der Waals surface area contributed by atoms with Gasteiger partial charge in [0.15, 0.2) is 4.47 Å². The van der Waals surface area contributed by atoms with Crippen molar-refractivity contribution in [3.05, 3.63) is 37.0 Å². The van der Waals surface area contributed by atoms with Gasteiger partial charge in [-0.05, 0) is 12.8 Å². The maximum Gasteiger partial charge on any atom is 0.313 e. The minimum Gasteiger partial charge on any atom is -0.258 e. The molecule has 0 aromatic carbocycles. The molecule has 2 aromatic rings. The molecule has 0 spiro atoms. The molecule has 0 radical (unpaired) electrons. The summed E-state index contributed by atoms with van der Waals surface area (Å²) in [6.07, 6.45) is 2.78. The lowest BCUT2D eigenvalue weighted by Gasteiger charge is -2.02. The third kappa shape index (κ3) is 2.76. The Bertz CT molecular complexity index is 608. The van der Waals surface area contributed by atoms with Gasteiger partial charge in [0.05, 0.1) is 11.5 Å². The zero-order chi connectivity index (χ0) is 14.0. The fourth-order valence-electron chi connectivity index (χ4n) is 1.98. The molecule has 0 saturated heterocycles. The van der Waals surface area contributed by atoms with E-state index >= 15 is 0 Å². The molecule has 0 unspecified atom stereocenters. The summed E-state index contributed by atoms with van der Waals surface area (Å²) in [6.45, 7) is 4.22. The summed E-state index contributed by atoms with van der Waals surface area (Å²) >= 11 is 7.14. The highest BCUT2D eigenvalue weighted by Gasteiger charge is 2.25. The molecule has 102 valence electrons. The van der Waals surface area contributed by atoms with Gasteiger partial charge in [-0.1, -0.05) is 25.4 Å². The van der Waals surface area contributed by atoms with Crippen LogP contribution in [0.3, 0.4) is 0 Å². The molecule has 0 N–H and O–H groups in total. The van der Waals surface area contributed by atoms with Crippen LogP contribution in [0.1, 0.15) is 30.1 Å². The molecule has 0 amide bonds. The Kier molecular flexibility index (Phi) is 4.16. The predicted octanol–water partition coefficient (Wildman–Crippen LogP) is 3.07. The Hall–Kier alpha value is -1.47. The fourth-order valence-corrected chi connectivity index (χ4v) is 2.94. The predicted molar refractivity (Wildman–Crippen MR) is 73.9 cm³/mol. The topological polar surface area (TPSA) is 73.8 Å². The van der Waals surface area contributed by atoms with Gasteiger partial charge in [0.25, 0.3) is 0 Å². The number of rotatable bonds is 5. The Morgan fingerprint density at radius 2 is 2.21 bits per heavy atom. The second-order valence-electron chi connectivity index (χ2n) is 3.94. The van der Waals surface area contributed by atoms with Crippen LogP contribution >= 0.6 is 22.9 Å². The van der Waals surface area contributed by atoms with E-state index in [1.807, 2.05) is 13.8 Å². The Morgan fingerprint density at radius 3 is 2.68 bits per heavy atom. The molecule has 0 aliphatic rings. The van der Waals surface area contributed by atoms with Crippen LogP contribution < -0.4 is 0 Å². The molecule has 2 heterocycles. The third-order valence-corrected chi connectivity index (χ3v) is 3.88. The van der Waals surface area contributed by atoms with Crippen molar-refractivity contribution in [1.29, 1.82) is 0 Å². The fraction of sp³-hybridized carbons (Fsp3) is 0.455. The number of thiazole rings is 1. The summed E-state index contributed by atoms with van der Waals surface area (Å²) in [5.74, 6) is 0. The zero-order valence-electron chi connectivity index (χ0n) is 10.6. The standard InChI is InChI=1S/C11H13ClN4O2S/c1-3-8-10(16(17)18)9(4-2)15(14-8)6-7-5-13-11(12)19-7/h5H,3-4,6H2,1-2H3. The van der Waals surface area contributed by atoms with Crippen molar-refractivity contribution in [2.75, 3.05) is 0 Å². The quantitative estimate of drug-likeness (QED) is 0.628. The summed E-state index contributed by atoms with van der Waals surface area (Å²) in [7, 11) is 0. The monoisotopic (exact) mass is 300 g/mol. The van der Waals surface area contributed by atoms with Crippen molar-refractivity contribution >= 4 is 28.6 Å². The van der Waals surface area contributed by atoms with Crippen LogP contribution in [0, 0.1) is 10.1 Å². The third-order valence-electron chi connectivity index (χ3n) is 2.78. The van der Waals surface area contributed by atoms with Crippen molar-refractivity contribution in [3.8, 4) is 0 Å². The van der Waals surface area contributed by atoms with Crippen LogP contribution in [-0.4, -0.2) is 19.7 Å². The SMILES string of the molecule is CCc1nn(Cc2cnc(Cl)s2)c(CC)c1[N+](=O)[O-]. The van der Waals surface area contributed by atoms with Crippen LogP contribution in [0.25, 0.3) is 0 Å². The molecule has 8 heteroatoms. The lowest BCUT2D eigenvalue weighted by molar-refractivity contribution is -0.386. The zero-order valence-corrected chi connectivity index (χ0v) is 12.2. The van der Waals surface area contributed by atoms with Gasteiger partial charge < -0.3 is 0 Å². The van der Waals surface area contributed by atoms with Gasteiger partial charge in [0.2, 0.25) is 0 Å². The molecule has 19 heavy (non-hydrogen) atoms. The van der Waals surface area contributed by atoms with Crippen molar-refractivity contribution in [3.63, 3.8) is 0 Å². The molecule has 0 bridgehead atoms. The van der Waals surface area contributed by atoms with E-state index in [4.69, 9.17) is 11.6 Å². The van der Waals surface area contributed by atoms with E-state index in [2.05, 4.69) is 10.1 Å². The number of halogens is 1. The lowest BCUT2D eigenvalue weighted by atomic mass is 10.2. The van der Waals surface area contributed by atoms with E-state index in [9.17, 15) is 10.1 Å². The first-order chi connectivity index (χ1) is 9.06. The molecular weight excluding hydrogens is 288 g/mol. The smallest absolute Gasteiger partial charge is 0.258 e. The number of aryl methyl sites for hydroxylation is 1. The van der Waals surface area contributed by atoms with Crippen molar-refractivity contribution in [2.24, 2.45) is 0 Å². The summed E-state index contributed by atoms with van der Waals surface area (Å²) in [6, 6.07) is 0. The second kappa shape index (κ2) is 5.66. The molecule has 0 aliphatic heterocycles. The number of nitrogens with zero attached hydrogens (tertiary/aromatic N) is 4. The van der Waals surface area contributed by atoms with Crippen molar-refractivity contribution in [2.45, 2.75) is 33.2 Å². The summed E-state index contributed by atoms with van der Waals surface area (Å²) in [4.78, 5) is 15.7. The number of hydrogen-bond acceptors (Lipinski definition) is 5. The number of hydrogen-bond donors (Lipinski definition) is 0. The summed E-state index contributed by atoms with van der Waals surface area (Å²) < 4.78 is 2.14. The Balaban J connectivity index is 2.42. The van der Waals surface area contributed by atoms with Crippen LogP contribution in [0.2, 0.25) is 4.47 Å². The van der Waals surface area contributed by atoms with Gasteiger partial charge in [-0.25, -0.2) is 4.98 Å². The maximum absolute atomic E-state index is 11.2. The van der Waals surface area contributed by atoms with Gasteiger partial charge in [0, 0.05) is 11.1 Å². The van der Waals surface area contributed by atoms with Gasteiger partial charge in [-0.3, -0.25) is 14.8 Å². The van der Waals surface area contributed by atoms with E-state index in [1.165, 1.54) is 11.3 Å². The maximum atomic E-state index is 11.2. The molecule has 6 nitrogen and oxygen atoms in total. The van der Waals surface area contributed by atoms with Crippen molar-refractivity contribution < 1.29 is 4.92 Å². The normalized spacial score (nSPS) is 10.9. The average molecular weight is 301 g/mol. The highest BCUT2D eigenvalue weighted by atomic mass is 35.5. The largest absolute Gasteiger partial charge is 0.313 e. The first kappa shape index (κ1) is 14.0. The molecule has 2 aromatic heterocycles. The lowest BCUT2D eigenvalue weighted by Crippen LogP contribution is -2.05. The van der Waals surface area contributed by atoms with Gasteiger partial charge >= 0.3 is 5.69 Å². The molecular formula is C11H13ClN4O2S. The number of nitro groups is 1. The highest BCUT2D eigenvalue weighted by Crippen LogP contribution is 2.26. The van der Waals surface area contributed by atoms with Crippen LogP contribution in [0.4, 0.5) is 5.69 Å². The minimum absolute atomic E-state index is 0.139. The minimum atomic E-state index is -0.346. The van der Waals surface area contributed by atoms with E-state index in [0.717, 1.165) is 4.88 Å². The summed E-state index contributed by atoms with van der Waals surface area (Å²) in [5, 5.41) is 15.5. The van der Waals surface area contributed by atoms with E-state index in [0.29, 0.717) is 35.2 Å². The van der Waals surface area contributed by atoms with Crippen molar-refractivity contribution in [1.82, 2.24) is 14.8 Å². The molecule has 0 saturated carbocycles. The average Bonchev–Trinajstić information content (AvgIpc) is 2.93. The Labute approximate surface area is 119 Å². The van der Waals surface area contributed by atoms with E-state index < -0.39 is 0 Å². The summed E-state index contributed by atoms with van der Waals surface area (Å²) in [5.41, 5.74) is 1.31. The first-order valence-corrected chi connectivity index (χ1v) is 7.09.